The zero-order valence-corrected chi connectivity index (χ0v) is 8.32. The first-order chi connectivity index (χ1) is 6.81. The van der Waals surface area contributed by atoms with Gasteiger partial charge in [0.2, 0.25) is 0 Å². The highest BCUT2D eigenvalue weighted by molar-refractivity contribution is 5.51. The number of furan rings is 1. The van der Waals surface area contributed by atoms with Gasteiger partial charge in [-0.3, -0.25) is 4.68 Å². The van der Waals surface area contributed by atoms with Crippen molar-refractivity contribution in [3.8, 4) is 11.5 Å². The summed E-state index contributed by atoms with van der Waals surface area (Å²) in [7, 11) is 3.85. The summed E-state index contributed by atoms with van der Waals surface area (Å²) in [6.45, 7) is 0.810. The molecule has 0 aliphatic carbocycles. The lowest BCUT2D eigenvalue weighted by atomic mass is 10.3. The van der Waals surface area contributed by atoms with Crippen LogP contribution in [0.3, 0.4) is 0 Å². The van der Waals surface area contributed by atoms with Crippen LogP contribution in [0.15, 0.2) is 28.9 Å². The average molecular weight is 191 g/mol. The maximum absolute atomic E-state index is 5.27. The second-order valence-electron chi connectivity index (χ2n) is 3.15. The number of nitrogens with one attached hydrogen (secondary N) is 1. The highest BCUT2D eigenvalue weighted by Gasteiger charge is 2.07. The Kier molecular flexibility index (Phi) is 2.37. The lowest BCUT2D eigenvalue weighted by molar-refractivity contribution is 0.577. The third-order valence-corrected chi connectivity index (χ3v) is 2.11. The van der Waals surface area contributed by atoms with Gasteiger partial charge in [0.15, 0.2) is 5.76 Å². The molecule has 0 aliphatic rings. The molecule has 0 unspecified atom stereocenters. The molecule has 0 aliphatic heterocycles. The summed E-state index contributed by atoms with van der Waals surface area (Å²) in [5.41, 5.74) is 2.02. The number of rotatable bonds is 3. The first kappa shape index (κ1) is 9.02. The van der Waals surface area contributed by atoms with E-state index < -0.39 is 0 Å². The largest absolute Gasteiger partial charge is 0.463 e. The molecule has 0 saturated carbocycles. The van der Waals surface area contributed by atoms with Crippen molar-refractivity contribution in [2.45, 2.75) is 6.54 Å². The molecule has 2 aromatic rings. The molecule has 1 N–H and O–H groups in total. The Balaban J connectivity index is 2.33. The van der Waals surface area contributed by atoms with Crippen molar-refractivity contribution >= 4 is 0 Å². The van der Waals surface area contributed by atoms with Gasteiger partial charge in [0.25, 0.3) is 0 Å². The quantitative estimate of drug-likeness (QED) is 0.797. The van der Waals surface area contributed by atoms with Crippen LogP contribution in [0.2, 0.25) is 0 Å². The van der Waals surface area contributed by atoms with E-state index >= 15 is 0 Å². The smallest absolute Gasteiger partial charge is 0.154 e. The highest BCUT2D eigenvalue weighted by atomic mass is 16.3. The van der Waals surface area contributed by atoms with E-state index in [4.69, 9.17) is 4.42 Å². The first-order valence-corrected chi connectivity index (χ1v) is 4.52. The van der Waals surface area contributed by atoms with Gasteiger partial charge >= 0.3 is 0 Å². The maximum Gasteiger partial charge on any atom is 0.154 e. The van der Waals surface area contributed by atoms with Crippen LogP contribution in [-0.4, -0.2) is 16.8 Å². The minimum atomic E-state index is 0.808. The maximum atomic E-state index is 5.27. The van der Waals surface area contributed by atoms with Crippen molar-refractivity contribution < 1.29 is 4.42 Å². The summed E-state index contributed by atoms with van der Waals surface area (Å²) in [6, 6.07) is 5.79. The van der Waals surface area contributed by atoms with Gasteiger partial charge in [-0.1, -0.05) is 0 Å². The van der Waals surface area contributed by atoms with Crippen molar-refractivity contribution in [1.82, 2.24) is 15.1 Å². The van der Waals surface area contributed by atoms with E-state index in [1.54, 1.807) is 6.26 Å². The molecule has 14 heavy (non-hydrogen) atoms. The lowest BCUT2D eigenvalue weighted by Crippen LogP contribution is -2.09. The van der Waals surface area contributed by atoms with Crippen LogP contribution in [0.25, 0.3) is 11.5 Å². The molecule has 0 saturated heterocycles. The Bertz CT molecular complexity index is 403. The fourth-order valence-corrected chi connectivity index (χ4v) is 1.40. The van der Waals surface area contributed by atoms with E-state index in [9.17, 15) is 0 Å². The van der Waals surface area contributed by atoms with Gasteiger partial charge in [-0.2, -0.15) is 5.10 Å². The molecule has 0 aromatic carbocycles. The van der Waals surface area contributed by atoms with Gasteiger partial charge < -0.3 is 9.73 Å². The summed E-state index contributed by atoms with van der Waals surface area (Å²) in [6.07, 6.45) is 1.65. The van der Waals surface area contributed by atoms with Gasteiger partial charge in [-0.05, 0) is 25.2 Å². The van der Waals surface area contributed by atoms with Gasteiger partial charge in [0.1, 0.15) is 5.69 Å². The number of hydrogen-bond donors (Lipinski definition) is 1. The second-order valence-corrected chi connectivity index (χ2v) is 3.15. The summed E-state index contributed by atoms with van der Waals surface area (Å²) < 4.78 is 7.13. The number of nitrogens with zero attached hydrogens (tertiary/aromatic N) is 2. The summed E-state index contributed by atoms with van der Waals surface area (Å²) in [5.74, 6) is 0.808. The average Bonchev–Trinajstić information content (AvgIpc) is 2.76. The minimum absolute atomic E-state index is 0.808. The van der Waals surface area contributed by atoms with Crippen LogP contribution in [0, 0.1) is 0 Å². The molecular formula is C10H13N3O. The summed E-state index contributed by atoms with van der Waals surface area (Å²) >= 11 is 0. The van der Waals surface area contributed by atoms with E-state index in [1.807, 2.05) is 37.0 Å². The monoisotopic (exact) mass is 191 g/mol. The van der Waals surface area contributed by atoms with Gasteiger partial charge in [-0.25, -0.2) is 0 Å². The van der Waals surface area contributed by atoms with Crippen molar-refractivity contribution in [2.75, 3.05) is 7.05 Å². The van der Waals surface area contributed by atoms with Gasteiger partial charge in [-0.15, -0.1) is 0 Å². The van der Waals surface area contributed by atoms with E-state index in [0.717, 1.165) is 23.7 Å². The number of aromatic nitrogens is 2. The van der Waals surface area contributed by atoms with Crippen LogP contribution >= 0.6 is 0 Å². The molecule has 74 valence electrons. The van der Waals surface area contributed by atoms with Gasteiger partial charge in [0, 0.05) is 13.6 Å². The molecule has 0 radical (unpaired) electrons. The number of hydrogen-bond acceptors (Lipinski definition) is 3. The summed E-state index contributed by atoms with van der Waals surface area (Å²) in [4.78, 5) is 0. The highest BCUT2D eigenvalue weighted by Crippen LogP contribution is 2.18. The Morgan fingerprint density at radius 3 is 3.07 bits per heavy atom. The minimum Gasteiger partial charge on any atom is -0.463 e. The Labute approximate surface area is 82.5 Å². The molecule has 0 bridgehead atoms. The third kappa shape index (κ3) is 1.56. The number of aryl methyl sites for hydroxylation is 1. The zero-order chi connectivity index (χ0) is 9.97. The topological polar surface area (TPSA) is 43.0 Å². The van der Waals surface area contributed by atoms with E-state index in [1.165, 1.54) is 0 Å². The van der Waals surface area contributed by atoms with Gasteiger partial charge in [0.05, 0.1) is 12.0 Å². The standard InChI is InChI=1S/C10H13N3O/c1-11-7-8-6-9(12-13(8)2)10-4-3-5-14-10/h3-6,11H,7H2,1-2H3. The molecule has 0 amide bonds. The molecule has 0 fully saturated rings. The summed E-state index contributed by atoms with van der Waals surface area (Å²) in [5, 5.41) is 7.45. The molecule has 2 heterocycles. The normalized spacial score (nSPS) is 10.7. The predicted molar refractivity (Wildman–Crippen MR) is 53.7 cm³/mol. The van der Waals surface area contributed by atoms with Crippen molar-refractivity contribution in [2.24, 2.45) is 7.05 Å². The van der Waals surface area contributed by atoms with Crippen LogP contribution in [0.4, 0.5) is 0 Å². The van der Waals surface area contributed by atoms with E-state index in [2.05, 4.69) is 10.4 Å². The molecular weight excluding hydrogens is 178 g/mol. The molecule has 4 nitrogen and oxygen atoms in total. The molecule has 4 heteroatoms. The second kappa shape index (κ2) is 3.67. The third-order valence-electron chi connectivity index (χ3n) is 2.11. The van der Waals surface area contributed by atoms with Crippen LogP contribution in [0.1, 0.15) is 5.69 Å². The molecule has 0 atom stereocenters. The predicted octanol–water partition coefficient (Wildman–Crippen LogP) is 1.40. The fraction of sp³-hybridized carbons (Fsp3) is 0.300. The SMILES string of the molecule is CNCc1cc(-c2ccco2)nn1C. The lowest BCUT2D eigenvalue weighted by Gasteiger charge is -1.97. The van der Waals surface area contributed by atoms with E-state index in [-0.39, 0.29) is 0 Å². The first-order valence-electron chi connectivity index (χ1n) is 4.52. The molecule has 2 rings (SSSR count). The van der Waals surface area contributed by atoms with Crippen LogP contribution < -0.4 is 5.32 Å². The Morgan fingerprint density at radius 1 is 1.57 bits per heavy atom. The Hall–Kier alpha value is -1.55. The van der Waals surface area contributed by atoms with Crippen molar-refractivity contribution in [3.63, 3.8) is 0 Å². The van der Waals surface area contributed by atoms with Crippen molar-refractivity contribution in [3.05, 3.63) is 30.2 Å². The van der Waals surface area contributed by atoms with Crippen LogP contribution in [-0.2, 0) is 13.6 Å². The van der Waals surface area contributed by atoms with E-state index in [0.29, 0.717) is 0 Å². The zero-order valence-electron chi connectivity index (χ0n) is 8.32. The van der Waals surface area contributed by atoms with Crippen molar-refractivity contribution in [1.29, 1.82) is 0 Å². The molecule has 2 aromatic heterocycles. The van der Waals surface area contributed by atoms with Crippen LogP contribution in [0.5, 0.6) is 0 Å². The molecule has 0 spiro atoms. The fourth-order valence-electron chi connectivity index (χ4n) is 1.40. The Morgan fingerprint density at radius 2 is 2.43 bits per heavy atom.